The number of carbonyl (C=O) groups is 1. The molecule has 128 valence electrons. The molecule has 1 saturated heterocycles. The van der Waals surface area contributed by atoms with Gasteiger partial charge in [-0.1, -0.05) is 12.1 Å². The van der Waals surface area contributed by atoms with Crippen LogP contribution in [0.2, 0.25) is 0 Å². The van der Waals surface area contributed by atoms with Crippen molar-refractivity contribution in [1.82, 2.24) is 9.62 Å². The molecule has 1 aromatic rings. The third-order valence-corrected chi connectivity index (χ3v) is 4.94. The lowest BCUT2D eigenvalue weighted by Crippen LogP contribution is -2.41. The van der Waals surface area contributed by atoms with Gasteiger partial charge in [0.15, 0.2) is 0 Å². The number of hydrogen-bond acceptors (Lipinski definition) is 6. The lowest BCUT2D eigenvalue weighted by molar-refractivity contribution is 0.0390. The Labute approximate surface area is 136 Å². The topological polar surface area (TPSA) is 84.9 Å². The Bertz CT molecular complexity index is 609. The van der Waals surface area contributed by atoms with Crippen LogP contribution in [0.4, 0.5) is 0 Å². The van der Waals surface area contributed by atoms with Gasteiger partial charge in [-0.15, -0.1) is 0 Å². The molecule has 1 N–H and O–H groups in total. The number of morpholine rings is 1. The van der Waals surface area contributed by atoms with E-state index in [1.807, 2.05) is 0 Å². The fourth-order valence-corrected chi connectivity index (χ4v) is 3.45. The SMILES string of the molecule is COC(=O)c1ccc(CS(=O)(=O)NCCN2CCOCC2)cc1. The van der Waals surface area contributed by atoms with Crippen molar-refractivity contribution in [3.05, 3.63) is 35.4 Å². The van der Waals surface area contributed by atoms with Crippen molar-refractivity contribution in [2.75, 3.05) is 46.5 Å². The molecule has 7 nitrogen and oxygen atoms in total. The highest BCUT2D eigenvalue weighted by molar-refractivity contribution is 7.88. The number of nitrogens with zero attached hydrogens (tertiary/aromatic N) is 1. The first-order chi connectivity index (χ1) is 11.0. The second kappa shape index (κ2) is 8.39. The zero-order valence-corrected chi connectivity index (χ0v) is 14.0. The first-order valence-corrected chi connectivity index (χ1v) is 9.10. The molecule has 1 heterocycles. The van der Waals surface area contributed by atoms with Crippen molar-refractivity contribution in [2.24, 2.45) is 0 Å². The standard InChI is InChI=1S/C15H22N2O5S/c1-21-15(18)14-4-2-13(3-5-14)12-23(19,20)16-6-7-17-8-10-22-11-9-17/h2-5,16H,6-12H2,1H3. The van der Waals surface area contributed by atoms with Crippen LogP contribution in [0.5, 0.6) is 0 Å². The second-order valence-electron chi connectivity index (χ2n) is 5.30. The molecule has 0 aliphatic carbocycles. The van der Waals surface area contributed by atoms with Crippen molar-refractivity contribution in [3.8, 4) is 0 Å². The molecule has 0 bridgehead atoms. The largest absolute Gasteiger partial charge is 0.465 e. The molecule has 2 rings (SSSR count). The average molecular weight is 342 g/mol. The Morgan fingerprint density at radius 3 is 2.52 bits per heavy atom. The summed E-state index contributed by atoms with van der Waals surface area (Å²) in [6, 6.07) is 6.36. The van der Waals surface area contributed by atoms with Gasteiger partial charge >= 0.3 is 5.97 Å². The number of nitrogens with one attached hydrogen (secondary N) is 1. The fraction of sp³-hybridized carbons (Fsp3) is 0.533. The molecule has 1 aliphatic rings. The van der Waals surface area contributed by atoms with Gasteiger partial charge < -0.3 is 9.47 Å². The predicted molar refractivity (Wildman–Crippen MR) is 85.7 cm³/mol. The van der Waals surface area contributed by atoms with Gasteiger partial charge in [0.2, 0.25) is 10.0 Å². The van der Waals surface area contributed by atoms with Crippen molar-refractivity contribution in [3.63, 3.8) is 0 Å². The third kappa shape index (κ3) is 5.91. The molecule has 0 amide bonds. The second-order valence-corrected chi connectivity index (χ2v) is 7.10. The van der Waals surface area contributed by atoms with Gasteiger partial charge in [0.05, 0.1) is 31.6 Å². The van der Waals surface area contributed by atoms with Crippen LogP contribution in [0.25, 0.3) is 0 Å². The van der Waals surface area contributed by atoms with Gasteiger partial charge in [-0.25, -0.2) is 17.9 Å². The first-order valence-electron chi connectivity index (χ1n) is 7.45. The quantitative estimate of drug-likeness (QED) is 0.714. The number of benzene rings is 1. The van der Waals surface area contributed by atoms with Gasteiger partial charge in [-0.05, 0) is 17.7 Å². The summed E-state index contributed by atoms with van der Waals surface area (Å²) >= 11 is 0. The monoisotopic (exact) mass is 342 g/mol. The molecule has 1 fully saturated rings. The van der Waals surface area contributed by atoms with Crippen LogP contribution in [-0.4, -0.2) is 65.8 Å². The number of carbonyl (C=O) groups excluding carboxylic acids is 1. The first kappa shape index (κ1) is 17.9. The molecule has 0 saturated carbocycles. The summed E-state index contributed by atoms with van der Waals surface area (Å²) in [4.78, 5) is 13.5. The van der Waals surface area contributed by atoms with E-state index in [-0.39, 0.29) is 5.75 Å². The van der Waals surface area contributed by atoms with Crippen LogP contribution in [0, 0.1) is 0 Å². The van der Waals surface area contributed by atoms with Crippen LogP contribution in [-0.2, 0) is 25.2 Å². The molecular weight excluding hydrogens is 320 g/mol. The van der Waals surface area contributed by atoms with Crippen molar-refractivity contribution >= 4 is 16.0 Å². The van der Waals surface area contributed by atoms with E-state index in [1.54, 1.807) is 24.3 Å². The van der Waals surface area contributed by atoms with E-state index in [1.165, 1.54) is 7.11 Å². The maximum Gasteiger partial charge on any atom is 0.337 e. The Morgan fingerprint density at radius 1 is 1.26 bits per heavy atom. The Morgan fingerprint density at radius 2 is 1.91 bits per heavy atom. The van der Waals surface area contributed by atoms with E-state index in [9.17, 15) is 13.2 Å². The maximum atomic E-state index is 12.1. The molecule has 0 aromatic heterocycles. The maximum absolute atomic E-state index is 12.1. The summed E-state index contributed by atoms with van der Waals surface area (Å²) in [7, 11) is -2.09. The van der Waals surface area contributed by atoms with Crippen molar-refractivity contribution < 1.29 is 22.7 Å². The lowest BCUT2D eigenvalue weighted by Gasteiger charge is -2.26. The van der Waals surface area contributed by atoms with Crippen molar-refractivity contribution in [2.45, 2.75) is 5.75 Å². The van der Waals surface area contributed by atoms with E-state index >= 15 is 0 Å². The molecule has 8 heteroatoms. The molecule has 0 spiro atoms. The lowest BCUT2D eigenvalue weighted by atomic mass is 10.1. The molecule has 0 radical (unpaired) electrons. The molecule has 1 aliphatic heterocycles. The van der Waals surface area contributed by atoms with Crippen LogP contribution >= 0.6 is 0 Å². The molecule has 0 unspecified atom stereocenters. The minimum atomic E-state index is -3.40. The van der Waals surface area contributed by atoms with Crippen molar-refractivity contribution in [1.29, 1.82) is 0 Å². The Balaban J connectivity index is 1.81. The predicted octanol–water partition coefficient (Wildman–Crippen LogP) is 0.225. The summed E-state index contributed by atoms with van der Waals surface area (Å²) < 4.78 is 36.6. The summed E-state index contributed by atoms with van der Waals surface area (Å²) in [5.74, 6) is -0.555. The molecule has 1 aromatic carbocycles. The van der Waals surface area contributed by atoms with Gasteiger partial charge in [0.1, 0.15) is 0 Å². The van der Waals surface area contributed by atoms with Gasteiger partial charge in [-0.2, -0.15) is 0 Å². The molecular formula is C15H22N2O5S. The normalized spacial score (nSPS) is 16.2. The van der Waals surface area contributed by atoms with Gasteiger partial charge in [0.25, 0.3) is 0 Å². The molecule has 23 heavy (non-hydrogen) atoms. The van der Waals surface area contributed by atoms with Crippen LogP contribution in [0.1, 0.15) is 15.9 Å². The van der Waals surface area contributed by atoms with E-state index in [2.05, 4.69) is 14.4 Å². The zero-order valence-electron chi connectivity index (χ0n) is 13.2. The number of rotatable bonds is 7. The summed E-state index contributed by atoms with van der Waals surface area (Å²) in [6.07, 6.45) is 0. The highest BCUT2D eigenvalue weighted by Gasteiger charge is 2.14. The van der Waals surface area contributed by atoms with E-state index < -0.39 is 16.0 Å². The molecule has 0 atom stereocenters. The van der Waals surface area contributed by atoms with Gasteiger partial charge in [-0.3, -0.25) is 4.90 Å². The summed E-state index contributed by atoms with van der Waals surface area (Å²) in [5, 5.41) is 0. The number of ether oxygens (including phenoxy) is 2. The number of esters is 1. The minimum Gasteiger partial charge on any atom is -0.465 e. The highest BCUT2D eigenvalue weighted by Crippen LogP contribution is 2.09. The highest BCUT2D eigenvalue weighted by atomic mass is 32.2. The van der Waals surface area contributed by atoms with Crippen LogP contribution in [0.3, 0.4) is 0 Å². The minimum absolute atomic E-state index is 0.114. The average Bonchev–Trinajstić information content (AvgIpc) is 2.55. The number of hydrogen-bond donors (Lipinski definition) is 1. The van der Waals surface area contributed by atoms with Crippen LogP contribution in [0.15, 0.2) is 24.3 Å². The van der Waals surface area contributed by atoms with E-state index in [4.69, 9.17) is 4.74 Å². The summed E-state index contributed by atoms with van der Waals surface area (Å²) in [6.45, 7) is 4.10. The summed E-state index contributed by atoms with van der Waals surface area (Å²) in [5.41, 5.74) is 1.02. The van der Waals surface area contributed by atoms with Crippen LogP contribution < -0.4 is 4.72 Å². The Kier molecular flexibility index (Phi) is 6.52. The third-order valence-electron chi connectivity index (χ3n) is 3.59. The van der Waals surface area contributed by atoms with Gasteiger partial charge in [0, 0.05) is 26.2 Å². The fourth-order valence-electron chi connectivity index (χ4n) is 2.31. The zero-order chi connectivity index (χ0) is 16.7. The smallest absolute Gasteiger partial charge is 0.337 e. The number of methoxy groups -OCH3 is 1. The Hall–Kier alpha value is -1.48. The number of sulfonamides is 1. The van der Waals surface area contributed by atoms with E-state index in [0.717, 1.165) is 13.1 Å². The van der Waals surface area contributed by atoms with E-state index in [0.29, 0.717) is 37.4 Å².